The van der Waals surface area contributed by atoms with Gasteiger partial charge in [-0.3, -0.25) is 9.59 Å². The fourth-order valence-corrected chi connectivity index (χ4v) is 3.66. The molecule has 2 heterocycles. The Morgan fingerprint density at radius 3 is 2.60 bits per heavy atom. The van der Waals surface area contributed by atoms with Gasteiger partial charge in [-0.1, -0.05) is 42.5 Å². The average molecular weight is 403 g/mol. The normalized spacial score (nSPS) is 16.2. The minimum Gasteiger partial charge on any atom is -0.503 e. The van der Waals surface area contributed by atoms with E-state index in [1.807, 2.05) is 49.4 Å². The second-order valence-corrected chi connectivity index (χ2v) is 6.90. The molecule has 1 aromatic heterocycles. The van der Waals surface area contributed by atoms with E-state index in [0.29, 0.717) is 17.9 Å². The Bertz CT molecular complexity index is 1090. The number of nitrogens with zero attached hydrogens (tertiary/aromatic N) is 1. The molecule has 2 aromatic carbocycles. The SMILES string of the molecule is CCOc1cccc(C2C(C(=O)c3ccco3)=C(O)C(=O)N2Cc2ccccc2)c1. The van der Waals surface area contributed by atoms with E-state index in [4.69, 9.17) is 9.15 Å². The average Bonchev–Trinajstić information content (AvgIpc) is 3.38. The zero-order valence-electron chi connectivity index (χ0n) is 16.4. The topological polar surface area (TPSA) is 80.0 Å². The third-order valence-corrected chi connectivity index (χ3v) is 4.97. The summed E-state index contributed by atoms with van der Waals surface area (Å²) in [5.74, 6) is -0.983. The van der Waals surface area contributed by atoms with E-state index < -0.39 is 23.5 Å². The number of ketones is 1. The van der Waals surface area contributed by atoms with Crippen LogP contribution in [0.5, 0.6) is 5.75 Å². The third-order valence-electron chi connectivity index (χ3n) is 4.97. The van der Waals surface area contributed by atoms with Gasteiger partial charge >= 0.3 is 0 Å². The largest absolute Gasteiger partial charge is 0.503 e. The van der Waals surface area contributed by atoms with Crippen molar-refractivity contribution in [1.29, 1.82) is 0 Å². The predicted octanol–water partition coefficient (Wildman–Crippen LogP) is 4.46. The number of Topliss-reactive ketones (excluding diaryl/α,β-unsaturated/α-hetero) is 1. The van der Waals surface area contributed by atoms with Crippen LogP contribution in [0.3, 0.4) is 0 Å². The second kappa shape index (κ2) is 8.29. The Labute approximate surface area is 174 Å². The highest BCUT2D eigenvalue weighted by atomic mass is 16.5. The number of furan rings is 1. The number of amides is 1. The van der Waals surface area contributed by atoms with Gasteiger partial charge in [-0.2, -0.15) is 0 Å². The van der Waals surface area contributed by atoms with Gasteiger partial charge in [-0.15, -0.1) is 0 Å². The Hall–Kier alpha value is -3.80. The number of ether oxygens (including phenoxy) is 1. The standard InChI is InChI=1S/C24H21NO5/c1-2-29-18-11-6-10-17(14-18)21-20(22(26)19-12-7-13-30-19)23(27)24(28)25(21)15-16-8-4-3-5-9-16/h3-14,21,27H,2,15H2,1H3. The molecule has 6 heteroatoms. The molecule has 4 rings (SSSR count). The fourth-order valence-electron chi connectivity index (χ4n) is 3.66. The molecule has 30 heavy (non-hydrogen) atoms. The van der Waals surface area contributed by atoms with Crippen LogP contribution in [0.25, 0.3) is 0 Å². The van der Waals surface area contributed by atoms with Crippen molar-refractivity contribution >= 4 is 11.7 Å². The Kier molecular flexibility index (Phi) is 5.39. The number of hydrogen-bond acceptors (Lipinski definition) is 5. The number of aliphatic hydroxyl groups is 1. The number of benzene rings is 2. The Morgan fingerprint density at radius 2 is 1.90 bits per heavy atom. The minimum atomic E-state index is -0.768. The molecule has 3 aromatic rings. The van der Waals surface area contributed by atoms with E-state index in [1.54, 1.807) is 18.2 Å². The van der Waals surface area contributed by atoms with Gasteiger partial charge in [0.05, 0.1) is 24.5 Å². The summed E-state index contributed by atoms with van der Waals surface area (Å²) in [5.41, 5.74) is 1.56. The first-order valence-electron chi connectivity index (χ1n) is 9.69. The molecule has 0 bridgehead atoms. The van der Waals surface area contributed by atoms with Crippen LogP contribution >= 0.6 is 0 Å². The molecule has 1 aliphatic rings. The summed E-state index contributed by atoms with van der Waals surface area (Å²) in [5, 5.41) is 10.7. The highest BCUT2D eigenvalue weighted by molar-refractivity contribution is 6.15. The first-order valence-corrected chi connectivity index (χ1v) is 9.69. The van der Waals surface area contributed by atoms with E-state index in [0.717, 1.165) is 5.56 Å². The van der Waals surface area contributed by atoms with Gasteiger partial charge in [0.1, 0.15) is 5.75 Å². The number of rotatable bonds is 7. The maximum Gasteiger partial charge on any atom is 0.290 e. The van der Waals surface area contributed by atoms with Crippen molar-refractivity contribution in [2.75, 3.05) is 6.61 Å². The molecular weight excluding hydrogens is 382 g/mol. The molecule has 152 valence electrons. The summed E-state index contributed by atoms with van der Waals surface area (Å²) in [7, 11) is 0. The zero-order valence-corrected chi connectivity index (χ0v) is 16.4. The molecular formula is C24H21NO5. The lowest BCUT2D eigenvalue weighted by Gasteiger charge is -2.27. The lowest BCUT2D eigenvalue weighted by molar-refractivity contribution is -0.130. The summed E-state index contributed by atoms with van der Waals surface area (Å²) in [6.45, 7) is 2.60. The molecule has 0 saturated heterocycles. The summed E-state index contributed by atoms with van der Waals surface area (Å²) in [4.78, 5) is 27.6. The molecule has 1 unspecified atom stereocenters. The van der Waals surface area contributed by atoms with Crippen molar-refractivity contribution in [2.45, 2.75) is 19.5 Å². The molecule has 0 fully saturated rings. The van der Waals surface area contributed by atoms with Crippen molar-refractivity contribution < 1.29 is 23.8 Å². The second-order valence-electron chi connectivity index (χ2n) is 6.90. The van der Waals surface area contributed by atoms with Gasteiger partial charge in [0.25, 0.3) is 5.91 Å². The number of hydrogen-bond donors (Lipinski definition) is 1. The molecule has 0 saturated carbocycles. The number of aliphatic hydroxyl groups excluding tert-OH is 1. The van der Waals surface area contributed by atoms with E-state index in [9.17, 15) is 14.7 Å². The fraction of sp³-hybridized carbons (Fsp3) is 0.167. The van der Waals surface area contributed by atoms with Gasteiger partial charge in [-0.05, 0) is 42.3 Å². The molecule has 6 nitrogen and oxygen atoms in total. The first-order chi connectivity index (χ1) is 14.6. The van der Waals surface area contributed by atoms with Crippen molar-refractivity contribution in [2.24, 2.45) is 0 Å². The summed E-state index contributed by atoms with van der Waals surface area (Å²) >= 11 is 0. The van der Waals surface area contributed by atoms with E-state index in [-0.39, 0.29) is 17.9 Å². The van der Waals surface area contributed by atoms with Crippen LogP contribution < -0.4 is 4.74 Å². The molecule has 1 aliphatic heterocycles. The highest BCUT2D eigenvalue weighted by Crippen LogP contribution is 2.40. The van der Waals surface area contributed by atoms with Crippen LogP contribution in [0.1, 0.15) is 34.6 Å². The van der Waals surface area contributed by atoms with Gasteiger partial charge < -0.3 is 19.2 Å². The van der Waals surface area contributed by atoms with Crippen molar-refractivity contribution in [3.8, 4) is 5.75 Å². The summed E-state index contributed by atoms with van der Waals surface area (Å²) in [6, 6.07) is 19.0. The van der Waals surface area contributed by atoms with E-state index >= 15 is 0 Å². The minimum absolute atomic E-state index is 0.000436. The van der Waals surface area contributed by atoms with E-state index in [1.165, 1.54) is 17.2 Å². The third kappa shape index (κ3) is 3.59. The summed E-state index contributed by atoms with van der Waals surface area (Å²) < 4.78 is 10.8. The number of carbonyl (C=O) groups is 2. The van der Waals surface area contributed by atoms with Crippen molar-refractivity contribution in [3.05, 3.63) is 101 Å². The maximum absolute atomic E-state index is 13.1. The van der Waals surface area contributed by atoms with Crippen LogP contribution in [0.15, 0.2) is 88.7 Å². The zero-order chi connectivity index (χ0) is 21.1. The van der Waals surface area contributed by atoms with Gasteiger partial charge in [-0.25, -0.2) is 0 Å². The Balaban J connectivity index is 1.80. The number of carbonyl (C=O) groups excluding carboxylic acids is 2. The smallest absolute Gasteiger partial charge is 0.290 e. The maximum atomic E-state index is 13.1. The Morgan fingerprint density at radius 1 is 1.10 bits per heavy atom. The monoisotopic (exact) mass is 403 g/mol. The summed E-state index contributed by atoms with van der Waals surface area (Å²) in [6.07, 6.45) is 1.38. The quantitative estimate of drug-likeness (QED) is 0.589. The lowest BCUT2D eigenvalue weighted by Crippen LogP contribution is -2.30. The molecule has 1 N–H and O–H groups in total. The highest BCUT2D eigenvalue weighted by Gasteiger charge is 2.44. The van der Waals surface area contributed by atoms with Gasteiger partial charge in [0.2, 0.25) is 5.78 Å². The van der Waals surface area contributed by atoms with Crippen LogP contribution in [0.4, 0.5) is 0 Å². The van der Waals surface area contributed by atoms with Crippen LogP contribution in [0, 0.1) is 0 Å². The van der Waals surface area contributed by atoms with Gasteiger partial charge in [0, 0.05) is 6.54 Å². The lowest BCUT2D eigenvalue weighted by atomic mass is 9.94. The van der Waals surface area contributed by atoms with Crippen molar-refractivity contribution in [1.82, 2.24) is 4.90 Å². The molecule has 1 atom stereocenters. The van der Waals surface area contributed by atoms with E-state index in [2.05, 4.69) is 0 Å². The molecule has 0 spiro atoms. The molecule has 0 radical (unpaired) electrons. The first kappa shape index (κ1) is 19.5. The van der Waals surface area contributed by atoms with Crippen LogP contribution in [0.2, 0.25) is 0 Å². The van der Waals surface area contributed by atoms with Crippen LogP contribution in [-0.2, 0) is 11.3 Å². The van der Waals surface area contributed by atoms with Crippen molar-refractivity contribution in [3.63, 3.8) is 0 Å². The molecule has 1 amide bonds. The van der Waals surface area contributed by atoms with Crippen LogP contribution in [-0.4, -0.2) is 28.3 Å². The van der Waals surface area contributed by atoms with Gasteiger partial charge in [0.15, 0.2) is 11.5 Å². The predicted molar refractivity (Wildman–Crippen MR) is 110 cm³/mol. The molecule has 0 aliphatic carbocycles.